The van der Waals surface area contributed by atoms with E-state index in [0.29, 0.717) is 18.0 Å². The zero-order valence-electron chi connectivity index (χ0n) is 18.5. The second kappa shape index (κ2) is 10.8. The van der Waals surface area contributed by atoms with Gasteiger partial charge in [0.2, 0.25) is 10.0 Å². The van der Waals surface area contributed by atoms with Crippen LogP contribution in [0.15, 0.2) is 88.2 Å². The van der Waals surface area contributed by atoms with Gasteiger partial charge in [-0.05, 0) is 61.1 Å². The second-order valence-corrected chi connectivity index (χ2v) is 10.8. The number of halogens is 1. The molecule has 0 aliphatic carbocycles. The number of para-hydroxylation sites is 1. The molecule has 8 heteroatoms. The van der Waals surface area contributed by atoms with Crippen LogP contribution in [0.4, 0.5) is 0 Å². The lowest BCUT2D eigenvalue weighted by molar-refractivity contribution is 0.113. The van der Waals surface area contributed by atoms with E-state index in [1.165, 1.54) is 0 Å². The van der Waals surface area contributed by atoms with Crippen LogP contribution in [-0.2, 0) is 10.0 Å². The van der Waals surface area contributed by atoms with Crippen LogP contribution in [0.2, 0.25) is 0 Å². The summed E-state index contributed by atoms with van der Waals surface area (Å²) in [5.41, 5.74) is 1.09. The molecule has 0 aromatic heterocycles. The first kappa shape index (κ1) is 23.9. The van der Waals surface area contributed by atoms with Crippen LogP contribution in [0.25, 0.3) is 0 Å². The molecule has 33 heavy (non-hydrogen) atoms. The highest BCUT2D eigenvalue weighted by Crippen LogP contribution is 2.26. The summed E-state index contributed by atoms with van der Waals surface area (Å²) in [6.45, 7) is 3.99. The summed E-state index contributed by atoms with van der Waals surface area (Å²) in [6, 6.07) is 23.9. The number of ether oxygens (including phenoxy) is 1. The topological polar surface area (TPSA) is 61.9 Å². The van der Waals surface area contributed by atoms with Crippen LogP contribution < -0.4 is 9.46 Å². The van der Waals surface area contributed by atoms with Gasteiger partial charge in [0.15, 0.2) is 0 Å². The summed E-state index contributed by atoms with van der Waals surface area (Å²) in [4.78, 5) is 4.85. The maximum absolute atomic E-state index is 13.1. The predicted octanol–water partition coefficient (Wildman–Crippen LogP) is 4.51. The maximum Gasteiger partial charge on any atom is 0.240 e. The average molecular weight is 530 g/mol. The lowest BCUT2D eigenvalue weighted by Crippen LogP contribution is -2.48. The first-order chi connectivity index (χ1) is 15.9. The molecule has 1 fully saturated rings. The van der Waals surface area contributed by atoms with Crippen molar-refractivity contribution >= 4 is 26.0 Å². The van der Waals surface area contributed by atoms with Crippen LogP contribution in [0.5, 0.6) is 11.5 Å². The molecule has 3 aromatic carbocycles. The zero-order valence-corrected chi connectivity index (χ0v) is 20.9. The third kappa shape index (κ3) is 6.43. The van der Waals surface area contributed by atoms with Gasteiger partial charge in [0.25, 0.3) is 0 Å². The molecule has 1 aliphatic rings. The normalized spacial score (nSPS) is 16.4. The SMILES string of the molecule is CN1CCN(C(CNS(=O)(=O)c2ccc(Oc3ccccc3)cc2)c2cccc(Br)c2)CC1. The van der Waals surface area contributed by atoms with Crippen LogP contribution in [-0.4, -0.2) is 58.0 Å². The molecule has 1 unspecified atom stereocenters. The Morgan fingerprint density at radius 1 is 0.909 bits per heavy atom. The zero-order chi connectivity index (χ0) is 23.3. The molecule has 0 bridgehead atoms. The van der Waals surface area contributed by atoms with Crippen LogP contribution >= 0.6 is 15.9 Å². The van der Waals surface area contributed by atoms with Gasteiger partial charge in [-0.2, -0.15) is 0 Å². The monoisotopic (exact) mass is 529 g/mol. The van der Waals surface area contributed by atoms with Crippen LogP contribution in [0, 0.1) is 0 Å². The van der Waals surface area contributed by atoms with Gasteiger partial charge in [-0.15, -0.1) is 0 Å². The minimum Gasteiger partial charge on any atom is -0.457 e. The minimum atomic E-state index is -3.67. The van der Waals surface area contributed by atoms with Crippen molar-refractivity contribution in [1.29, 1.82) is 0 Å². The van der Waals surface area contributed by atoms with Gasteiger partial charge in [0.05, 0.1) is 4.90 Å². The van der Waals surface area contributed by atoms with Crippen LogP contribution in [0.1, 0.15) is 11.6 Å². The summed E-state index contributed by atoms with van der Waals surface area (Å²) in [7, 11) is -1.56. The molecular formula is C25H28BrN3O3S. The Morgan fingerprint density at radius 2 is 1.58 bits per heavy atom. The number of hydrogen-bond acceptors (Lipinski definition) is 5. The number of benzene rings is 3. The highest BCUT2D eigenvalue weighted by Gasteiger charge is 2.26. The molecule has 0 amide bonds. The van der Waals surface area contributed by atoms with Crippen molar-refractivity contribution in [2.45, 2.75) is 10.9 Å². The highest BCUT2D eigenvalue weighted by molar-refractivity contribution is 9.10. The molecular weight excluding hydrogens is 502 g/mol. The van der Waals surface area contributed by atoms with Crippen molar-refractivity contribution in [1.82, 2.24) is 14.5 Å². The maximum atomic E-state index is 13.1. The third-order valence-electron chi connectivity index (χ3n) is 5.79. The van der Waals surface area contributed by atoms with E-state index >= 15 is 0 Å². The van der Waals surface area contributed by atoms with Gasteiger partial charge in [-0.3, -0.25) is 4.90 Å². The van der Waals surface area contributed by atoms with Gasteiger partial charge in [0.1, 0.15) is 11.5 Å². The molecule has 0 radical (unpaired) electrons. The van der Waals surface area contributed by atoms with E-state index in [9.17, 15) is 8.42 Å². The second-order valence-electron chi connectivity index (χ2n) is 8.15. The van der Waals surface area contributed by atoms with E-state index in [2.05, 4.69) is 49.6 Å². The number of rotatable bonds is 8. The third-order valence-corrected chi connectivity index (χ3v) is 7.72. The molecule has 1 heterocycles. The lowest BCUT2D eigenvalue weighted by atomic mass is 10.0. The Balaban J connectivity index is 1.47. The fourth-order valence-electron chi connectivity index (χ4n) is 3.89. The largest absolute Gasteiger partial charge is 0.457 e. The fourth-order valence-corrected chi connectivity index (χ4v) is 5.34. The van der Waals surface area contributed by atoms with Gasteiger partial charge in [0, 0.05) is 43.2 Å². The van der Waals surface area contributed by atoms with Gasteiger partial charge >= 0.3 is 0 Å². The van der Waals surface area contributed by atoms with Crippen molar-refractivity contribution in [3.8, 4) is 11.5 Å². The molecule has 1 saturated heterocycles. The molecule has 4 rings (SSSR count). The molecule has 1 aliphatic heterocycles. The smallest absolute Gasteiger partial charge is 0.240 e. The Labute approximate surface area is 204 Å². The lowest BCUT2D eigenvalue weighted by Gasteiger charge is -2.38. The Bertz CT molecular complexity index is 1150. The standard InChI is InChI=1S/C25H28BrN3O3S/c1-28-14-16-29(17-15-28)25(20-6-5-7-21(26)18-20)19-27-33(30,31)24-12-10-23(11-13-24)32-22-8-3-2-4-9-22/h2-13,18,25,27H,14-17,19H2,1H3. The van der Waals surface area contributed by atoms with Gasteiger partial charge < -0.3 is 9.64 Å². The number of piperazine rings is 1. The summed E-state index contributed by atoms with van der Waals surface area (Å²) in [6.07, 6.45) is 0. The van der Waals surface area contributed by atoms with E-state index in [0.717, 1.165) is 36.2 Å². The number of nitrogens with zero attached hydrogens (tertiary/aromatic N) is 2. The van der Waals surface area contributed by atoms with E-state index < -0.39 is 10.0 Å². The molecule has 174 valence electrons. The minimum absolute atomic E-state index is 0.0494. The molecule has 1 atom stereocenters. The molecule has 3 aromatic rings. The quantitative estimate of drug-likeness (QED) is 0.465. The Morgan fingerprint density at radius 3 is 2.24 bits per heavy atom. The summed E-state index contributed by atoms with van der Waals surface area (Å²) >= 11 is 3.54. The highest BCUT2D eigenvalue weighted by atomic mass is 79.9. The first-order valence-corrected chi connectivity index (χ1v) is 13.2. The van der Waals surface area contributed by atoms with Crippen molar-refractivity contribution in [2.24, 2.45) is 0 Å². The Kier molecular flexibility index (Phi) is 7.82. The average Bonchev–Trinajstić information content (AvgIpc) is 2.81. The number of nitrogens with one attached hydrogen (secondary N) is 1. The summed E-state index contributed by atoms with van der Waals surface area (Å²) < 4.78 is 35.7. The first-order valence-electron chi connectivity index (χ1n) is 10.9. The number of sulfonamides is 1. The van der Waals surface area contributed by atoms with Crippen molar-refractivity contribution < 1.29 is 13.2 Å². The van der Waals surface area contributed by atoms with E-state index in [-0.39, 0.29) is 10.9 Å². The van der Waals surface area contributed by atoms with Crippen LogP contribution in [0.3, 0.4) is 0 Å². The number of likely N-dealkylation sites (N-methyl/N-ethyl adjacent to an activating group) is 1. The van der Waals surface area contributed by atoms with Gasteiger partial charge in [-0.25, -0.2) is 13.1 Å². The molecule has 0 spiro atoms. The van der Waals surface area contributed by atoms with Crippen molar-refractivity contribution in [3.05, 3.63) is 88.9 Å². The molecule has 0 saturated carbocycles. The number of hydrogen-bond donors (Lipinski definition) is 1. The van der Waals surface area contributed by atoms with E-state index in [4.69, 9.17) is 4.74 Å². The van der Waals surface area contributed by atoms with Gasteiger partial charge in [-0.1, -0.05) is 46.3 Å². The van der Waals surface area contributed by atoms with Crippen molar-refractivity contribution in [2.75, 3.05) is 39.8 Å². The summed E-state index contributed by atoms with van der Waals surface area (Å²) in [5, 5.41) is 0. The predicted molar refractivity (Wildman–Crippen MR) is 134 cm³/mol. The van der Waals surface area contributed by atoms with Crippen molar-refractivity contribution in [3.63, 3.8) is 0 Å². The summed E-state index contributed by atoms with van der Waals surface area (Å²) in [5.74, 6) is 1.29. The molecule has 6 nitrogen and oxygen atoms in total. The van der Waals surface area contributed by atoms with E-state index in [1.807, 2.05) is 42.5 Å². The Hall–Kier alpha value is -2.23. The fraction of sp³-hybridized carbons (Fsp3) is 0.280. The molecule has 1 N–H and O–H groups in total. The van der Waals surface area contributed by atoms with E-state index in [1.54, 1.807) is 24.3 Å².